The molecule has 4 amide bonds. The molecule has 0 aliphatic carbocycles. The van der Waals surface area contributed by atoms with Crippen molar-refractivity contribution in [3.8, 4) is 0 Å². The van der Waals surface area contributed by atoms with Crippen molar-refractivity contribution in [1.29, 1.82) is 0 Å². The Bertz CT molecular complexity index is 190. The molecule has 0 aromatic heterocycles. The first-order valence-electron chi connectivity index (χ1n) is 2.44. The van der Waals surface area contributed by atoms with E-state index in [1.54, 1.807) is 0 Å². The van der Waals surface area contributed by atoms with E-state index in [2.05, 4.69) is 48.4 Å². The molecule has 8 heteroatoms. The molecule has 0 bridgehead atoms. The Labute approximate surface area is 88.3 Å². The number of hydrogen-bond donors (Lipinski definition) is 0. The van der Waals surface area contributed by atoms with E-state index in [0.717, 1.165) is 3.93 Å². The van der Waals surface area contributed by atoms with Gasteiger partial charge in [0.05, 0.1) is 48.4 Å². The van der Waals surface area contributed by atoms with E-state index in [-0.39, 0.29) is 6.67 Å². The normalized spacial score (nSPS) is 19.7. The Morgan fingerprint density at radius 2 is 1.36 bits per heavy atom. The van der Waals surface area contributed by atoms with Gasteiger partial charge in [-0.05, 0) is 0 Å². The number of imide groups is 1. The van der Waals surface area contributed by atoms with Gasteiger partial charge in [-0.3, -0.25) is 0 Å². The van der Waals surface area contributed by atoms with Gasteiger partial charge in [0.15, 0.2) is 0 Å². The number of rotatable bonds is 0. The van der Waals surface area contributed by atoms with Gasteiger partial charge in [-0.25, -0.2) is 17.4 Å². The van der Waals surface area contributed by atoms with Crippen LogP contribution in [0.5, 0.6) is 0 Å². The average molecular weight is 352 g/mol. The summed E-state index contributed by atoms with van der Waals surface area (Å²) in [6, 6.07) is -0.906. The molecule has 1 rings (SSSR count). The monoisotopic (exact) mass is 349 g/mol. The second-order valence-corrected chi connectivity index (χ2v) is 4.13. The van der Waals surface area contributed by atoms with E-state index < -0.39 is 12.1 Å². The van der Waals surface area contributed by atoms with Gasteiger partial charge >= 0.3 is 12.1 Å². The van der Waals surface area contributed by atoms with Gasteiger partial charge < -0.3 is 0 Å². The van der Waals surface area contributed by atoms with Crippen molar-refractivity contribution >= 4 is 60.5 Å². The zero-order valence-corrected chi connectivity index (χ0v) is 9.76. The summed E-state index contributed by atoms with van der Waals surface area (Å²) in [7, 11) is 0. The first kappa shape index (κ1) is 9.27. The SMILES string of the molecule is O=C1N(Br)CN(Br)C(=O)N1Br. The lowest BCUT2D eigenvalue weighted by molar-refractivity contribution is 0.171. The van der Waals surface area contributed by atoms with Crippen LogP contribution in [0.4, 0.5) is 9.59 Å². The molecule has 1 fully saturated rings. The molecular formula is C3H2Br3N3O2. The maximum atomic E-state index is 11.0. The maximum absolute atomic E-state index is 11.0. The molecule has 11 heavy (non-hydrogen) atoms. The number of carbonyl (C=O) groups excluding carboxylic acids is 2. The van der Waals surface area contributed by atoms with Crippen LogP contribution in [0.25, 0.3) is 0 Å². The minimum absolute atomic E-state index is 0.166. The molecule has 0 saturated carbocycles. The molecule has 0 radical (unpaired) electrons. The van der Waals surface area contributed by atoms with Crippen LogP contribution in [0.3, 0.4) is 0 Å². The summed E-state index contributed by atoms with van der Waals surface area (Å²) in [6.07, 6.45) is 0. The molecule has 0 aromatic rings. The van der Waals surface area contributed by atoms with Crippen LogP contribution in [-0.4, -0.2) is 30.5 Å². The fourth-order valence-corrected chi connectivity index (χ4v) is 2.38. The van der Waals surface area contributed by atoms with Crippen molar-refractivity contribution in [2.45, 2.75) is 0 Å². The van der Waals surface area contributed by atoms with Crippen molar-refractivity contribution in [2.24, 2.45) is 0 Å². The minimum atomic E-state index is -0.453. The van der Waals surface area contributed by atoms with Crippen LogP contribution in [0.2, 0.25) is 0 Å². The van der Waals surface area contributed by atoms with Crippen molar-refractivity contribution in [3.63, 3.8) is 0 Å². The largest absolute Gasteiger partial charge is 0.350 e. The van der Waals surface area contributed by atoms with Crippen molar-refractivity contribution in [1.82, 2.24) is 11.8 Å². The van der Waals surface area contributed by atoms with Crippen LogP contribution in [0, 0.1) is 0 Å². The molecule has 62 valence electrons. The van der Waals surface area contributed by atoms with E-state index in [0.29, 0.717) is 0 Å². The maximum Gasteiger partial charge on any atom is 0.350 e. The lowest BCUT2D eigenvalue weighted by Gasteiger charge is -2.30. The van der Waals surface area contributed by atoms with E-state index in [1.807, 2.05) is 0 Å². The average Bonchev–Trinajstić information content (AvgIpc) is 1.97. The summed E-state index contributed by atoms with van der Waals surface area (Å²) in [5.74, 6) is 0. The minimum Gasteiger partial charge on any atom is -0.246 e. The number of amides is 4. The Hall–Kier alpha value is 0.180. The summed E-state index contributed by atoms with van der Waals surface area (Å²) in [5, 5.41) is 0. The molecule has 1 saturated heterocycles. The van der Waals surface area contributed by atoms with Gasteiger partial charge in [-0.15, -0.1) is 0 Å². The summed E-state index contributed by atoms with van der Waals surface area (Å²) in [6.45, 7) is 0.166. The van der Waals surface area contributed by atoms with Crippen LogP contribution in [-0.2, 0) is 0 Å². The molecule has 0 aromatic carbocycles. The van der Waals surface area contributed by atoms with Gasteiger partial charge in [-0.1, -0.05) is 0 Å². The van der Waals surface area contributed by atoms with Crippen LogP contribution in [0.15, 0.2) is 0 Å². The highest BCUT2D eigenvalue weighted by Gasteiger charge is 2.34. The van der Waals surface area contributed by atoms with Crippen molar-refractivity contribution in [2.75, 3.05) is 6.67 Å². The molecule has 5 nitrogen and oxygen atoms in total. The Morgan fingerprint density at radius 1 is 1.00 bits per heavy atom. The Kier molecular flexibility index (Phi) is 2.76. The van der Waals surface area contributed by atoms with Crippen molar-refractivity contribution < 1.29 is 9.59 Å². The molecule has 1 aliphatic heterocycles. The predicted molar refractivity (Wildman–Crippen MR) is 48.0 cm³/mol. The Balaban J connectivity index is 2.79. The highest BCUT2D eigenvalue weighted by Crippen LogP contribution is 2.20. The molecular weight excluding hydrogens is 350 g/mol. The van der Waals surface area contributed by atoms with E-state index in [4.69, 9.17) is 0 Å². The predicted octanol–water partition coefficient (Wildman–Crippen LogP) is 2.03. The van der Waals surface area contributed by atoms with E-state index in [1.165, 1.54) is 7.85 Å². The number of hydrogen-bond acceptors (Lipinski definition) is 2. The van der Waals surface area contributed by atoms with Gasteiger partial charge in [0.25, 0.3) is 0 Å². The fraction of sp³-hybridized carbons (Fsp3) is 0.333. The van der Waals surface area contributed by atoms with Crippen molar-refractivity contribution in [3.05, 3.63) is 0 Å². The standard InChI is InChI=1S/C3H2Br3N3O2/c4-7-1-8(5)3(11)9(6)2(7)10/h1H2. The summed E-state index contributed by atoms with van der Waals surface area (Å²) >= 11 is 8.69. The third-order valence-electron chi connectivity index (χ3n) is 0.999. The number of nitrogens with zero attached hydrogens (tertiary/aromatic N) is 3. The number of carbonyl (C=O) groups is 2. The third-order valence-corrected chi connectivity index (χ3v) is 2.66. The zero-order chi connectivity index (χ0) is 8.59. The molecule has 1 aliphatic rings. The summed E-state index contributed by atoms with van der Waals surface area (Å²) < 4.78 is 3.19. The third kappa shape index (κ3) is 1.67. The molecule has 0 unspecified atom stereocenters. The molecule has 0 spiro atoms. The number of halogens is 3. The second-order valence-electron chi connectivity index (χ2n) is 1.71. The van der Waals surface area contributed by atoms with E-state index >= 15 is 0 Å². The molecule has 0 N–H and O–H groups in total. The van der Waals surface area contributed by atoms with Gasteiger partial charge in [-0.2, -0.15) is 3.93 Å². The van der Waals surface area contributed by atoms with Crippen LogP contribution < -0.4 is 0 Å². The Morgan fingerprint density at radius 3 is 1.73 bits per heavy atom. The first-order chi connectivity index (χ1) is 5.04. The molecule has 1 heterocycles. The lowest BCUT2D eigenvalue weighted by Crippen LogP contribution is -2.50. The van der Waals surface area contributed by atoms with E-state index in [9.17, 15) is 9.59 Å². The van der Waals surface area contributed by atoms with Crippen LogP contribution in [0.1, 0.15) is 0 Å². The van der Waals surface area contributed by atoms with Gasteiger partial charge in [0.1, 0.15) is 6.67 Å². The topological polar surface area (TPSA) is 43.9 Å². The number of urea groups is 2. The van der Waals surface area contributed by atoms with Gasteiger partial charge in [0, 0.05) is 0 Å². The quantitative estimate of drug-likeness (QED) is 0.627. The zero-order valence-electron chi connectivity index (χ0n) is 5.00. The molecule has 0 atom stereocenters. The highest BCUT2D eigenvalue weighted by atomic mass is 79.9. The smallest absolute Gasteiger partial charge is 0.246 e. The summed E-state index contributed by atoms with van der Waals surface area (Å²) in [5.41, 5.74) is 0. The first-order valence-corrected chi connectivity index (χ1v) is 4.57. The van der Waals surface area contributed by atoms with Crippen LogP contribution >= 0.6 is 48.4 Å². The fourth-order valence-electron chi connectivity index (χ4n) is 0.502. The lowest BCUT2D eigenvalue weighted by atomic mass is 10.7. The van der Waals surface area contributed by atoms with Gasteiger partial charge in [0.2, 0.25) is 0 Å². The second kappa shape index (κ2) is 3.28. The highest BCUT2D eigenvalue weighted by molar-refractivity contribution is 9.09. The summed E-state index contributed by atoms with van der Waals surface area (Å²) in [4.78, 5) is 21.9.